The second kappa shape index (κ2) is 9.96. The third-order valence-electron chi connectivity index (χ3n) is 3.56. The summed E-state index contributed by atoms with van der Waals surface area (Å²) in [6, 6.07) is 3.42. The molecule has 3 nitrogen and oxygen atoms in total. The van der Waals surface area contributed by atoms with Gasteiger partial charge < -0.3 is 5.32 Å². The maximum absolute atomic E-state index is 11.9. The van der Waals surface area contributed by atoms with Crippen molar-refractivity contribution in [2.24, 2.45) is 5.92 Å². The molecule has 5 heteroatoms. The summed E-state index contributed by atoms with van der Waals surface area (Å²) < 4.78 is 0.601. The van der Waals surface area contributed by atoms with Crippen LogP contribution in [-0.4, -0.2) is 18.2 Å². The van der Waals surface area contributed by atoms with Gasteiger partial charge in [-0.2, -0.15) is 0 Å². The van der Waals surface area contributed by atoms with E-state index in [1.807, 2.05) is 0 Å². The topological polar surface area (TPSA) is 46.2 Å². The predicted molar refractivity (Wildman–Crippen MR) is 89.2 cm³/mol. The number of unbranched alkanes of at least 4 members (excludes halogenated alkanes) is 1. The molecule has 0 aliphatic heterocycles. The molecule has 1 N–H and O–H groups in total. The van der Waals surface area contributed by atoms with Crippen molar-refractivity contribution in [2.45, 2.75) is 52.4 Å². The number of Topliss-reactive ketones (excluding diaryl/α,β-unsaturated/α-hetero) is 1. The van der Waals surface area contributed by atoms with Crippen LogP contribution in [0.4, 0.5) is 0 Å². The van der Waals surface area contributed by atoms with Crippen LogP contribution in [0.1, 0.15) is 62.0 Å². The van der Waals surface area contributed by atoms with E-state index in [9.17, 15) is 9.59 Å². The number of nitrogens with one attached hydrogen (secondary N) is 1. The summed E-state index contributed by atoms with van der Waals surface area (Å²) in [5, 5.41) is 2.94. The normalized spacial score (nSPS) is 12.1. The molecule has 0 bridgehead atoms. The fourth-order valence-electron chi connectivity index (χ4n) is 2.10. The van der Waals surface area contributed by atoms with E-state index in [1.165, 1.54) is 24.2 Å². The van der Waals surface area contributed by atoms with Gasteiger partial charge in [0.2, 0.25) is 5.91 Å². The Bertz CT molecular complexity index is 459. The number of amides is 1. The highest BCUT2D eigenvalue weighted by Gasteiger charge is 2.12. The molecule has 1 aromatic rings. The van der Waals surface area contributed by atoms with E-state index in [4.69, 9.17) is 11.6 Å². The number of carbonyl (C=O) groups excluding carboxylic acids is 2. The molecule has 1 rings (SSSR count). The van der Waals surface area contributed by atoms with Crippen LogP contribution in [-0.2, 0) is 4.79 Å². The fraction of sp³-hybridized carbons (Fsp3) is 0.625. The number of thiophene rings is 1. The van der Waals surface area contributed by atoms with Gasteiger partial charge in [-0.15, -0.1) is 11.3 Å². The van der Waals surface area contributed by atoms with Crippen molar-refractivity contribution in [1.82, 2.24) is 5.32 Å². The lowest BCUT2D eigenvalue weighted by atomic mass is 9.99. The molecular weight excluding hydrogens is 306 g/mol. The van der Waals surface area contributed by atoms with Crippen LogP contribution in [0.5, 0.6) is 0 Å². The lowest BCUT2D eigenvalue weighted by Gasteiger charge is -2.15. The van der Waals surface area contributed by atoms with Crippen LogP contribution >= 0.6 is 22.9 Å². The van der Waals surface area contributed by atoms with Crippen molar-refractivity contribution in [3.63, 3.8) is 0 Å². The molecule has 1 heterocycles. The predicted octanol–water partition coefficient (Wildman–Crippen LogP) is 4.70. The van der Waals surface area contributed by atoms with Gasteiger partial charge in [-0.25, -0.2) is 0 Å². The van der Waals surface area contributed by atoms with E-state index in [2.05, 4.69) is 19.2 Å². The molecule has 0 saturated heterocycles. The van der Waals surface area contributed by atoms with Crippen LogP contribution in [0.25, 0.3) is 0 Å². The Hall–Kier alpha value is -0.870. The summed E-state index contributed by atoms with van der Waals surface area (Å²) in [6.45, 7) is 5.04. The molecule has 0 spiro atoms. The van der Waals surface area contributed by atoms with E-state index in [-0.39, 0.29) is 24.5 Å². The van der Waals surface area contributed by atoms with Crippen molar-refractivity contribution in [3.05, 3.63) is 21.3 Å². The van der Waals surface area contributed by atoms with Gasteiger partial charge in [-0.3, -0.25) is 9.59 Å². The Kier molecular flexibility index (Phi) is 8.62. The minimum Gasteiger partial charge on any atom is -0.356 e. The van der Waals surface area contributed by atoms with E-state index < -0.39 is 0 Å². The Morgan fingerprint density at radius 1 is 1.29 bits per heavy atom. The van der Waals surface area contributed by atoms with Crippen LogP contribution in [0.15, 0.2) is 12.1 Å². The first-order chi connectivity index (χ1) is 10.1. The first kappa shape index (κ1) is 18.2. The number of hydrogen-bond donors (Lipinski definition) is 1. The van der Waals surface area contributed by atoms with Crippen molar-refractivity contribution in [3.8, 4) is 0 Å². The average Bonchev–Trinajstić information content (AvgIpc) is 2.91. The number of halogens is 1. The maximum atomic E-state index is 11.9. The fourth-order valence-corrected chi connectivity index (χ4v) is 3.11. The van der Waals surface area contributed by atoms with Crippen LogP contribution in [0, 0.1) is 5.92 Å². The Labute approximate surface area is 136 Å². The van der Waals surface area contributed by atoms with Gasteiger partial charge in [0.05, 0.1) is 9.21 Å². The van der Waals surface area contributed by atoms with Gasteiger partial charge in [-0.05, 0) is 24.5 Å². The minimum absolute atomic E-state index is 0.0138. The van der Waals surface area contributed by atoms with Gasteiger partial charge in [0.25, 0.3) is 0 Å². The molecule has 118 valence electrons. The molecule has 0 aromatic carbocycles. The molecule has 0 aliphatic carbocycles. The van der Waals surface area contributed by atoms with Crippen LogP contribution in [0.3, 0.4) is 0 Å². The molecule has 0 radical (unpaired) electrons. The first-order valence-electron chi connectivity index (χ1n) is 7.62. The monoisotopic (exact) mass is 329 g/mol. The zero-order chi connectivity index (χ0) is 15.7. The molecule has 1 unspecified atom stereocenters. The Morgan fingerprint density at radius 2 is 2.05 bits per heavy atom. The number of hydrogen-bond acceptors (Lipinski definition) is 3. The lowest BCUT2D eigenvalue weighted by Crippen LogP contribution is -2.29. The van der Waals surface area contributed by atoms with Gasteiger partial charge in [0.1, 0.15) is 0 Å². The smallest absolute Gasteiger partial charge is 0.220 e. The van der Waals surface area contributed by atoms with Crippen molar-refractivity contribution >= 4 is 34.6 Å². The maximum Gasteiger partial charge on any atom is 0.220 e. The molecule has 1 aromatic heterocycles. The molecule has 1 amide bonds. The molecule has 0 aliphatic rings. The van der Waals surface area contributed by atoms with Crippen LogP contribution < -0.4 is 5.32 Å². The Balaban J connectivity index is 2.25. The summed E-state index contributed by atoms with van der Waals surface area (Å²) in [5.74, 6) is 0.488. The van der Waals surface area contributed by atoms with Gasteiger partial charge >= 0.3 is 0 Å². The van der Waals surface area contributed by atoms with Crippen molar-refractivity contribution < 1.29 is 9.59 Å². The molecule has 0 fully saturated rings. The molecule has 0 saturated carbocycles. The highest BCUT2D eigenvalue weighted by atomic mass is 35.5. The van der Waals surface area contributed by atoms with Gasteiger partial charge in [0.15, 0.2) is 5.78 Å². The minimum atomic E-state index is -0.0408. The first-order valence-corrected chi connectivity index (χ1v) is 8.81. The van der Waals surface area contributed by atoms with E-state index >= 15 is 0 Å². The van der Waals surface area contributed by atoms with E-state index in [0.29, 0.717) is 21.7 Å². The molecular formula is C16H24ClNO2S. The van der Waals surface area contributed by atoms with Gasteiger partial charge in [0, 0.05) is 19.4 Å². The largest absolute Gasteiger partial charge is 0.356 e. The van der Waals surface area contributed by atoms with Gasteiger partial charge in [-0.1, -0.05) is 44.7 Å². The SMILES string of the molecule is CCCCC(CC)CNC(=O)CCC(=O)c1ccc(Cl)s1. The van der Waals surface area contributed by atoms with E-state index in [0.717, 1.165) is 12.8 Å². The zero-order valence-electron chi connectivity index (χ0n) is 12.8. The average molecular weight is 330 g/mol. The zero-order valence-corrected chi connectivity index (χ0v) is 14.4. The Morgan fingerprint density at radius 3 is 2.62 bits per heavy atom. The summed E-state index contributed by atoms with van der Waals surface area (Å²) in [6.07, 6.45) is 5.11. The highest BCUT2D eigenvalue weighted by Crippen LogP contribution is 2.22. The third-order valence-corrected chi connectivity index (χ3v) is 4.83. The quantitative estimate of drug-likeness (QED) is 0.632. The summed E-state index contributed by atoms with van der Waals surface area (Å²) in [5.41, 5.74) is 0. The summed E-state index contributed by atoms with van der Waals surface area (Å²) in [4.78, 5) is 24.3. The second-order valence-corrected chi connectivity index (χ2v) is 6.96. The van der Waals surface area contributed by atoms with Crippen molar-refractivity contribution in [2.75, 3.05) is 6.54 Å². The molecule has 1 atom stereocenters. The number of carbonyl (C=O) groups is 2. The lowest BCUT2D eigenvalue weighted by molar-refractivity contribution is -0.121. The van der Waals surface area contributed by atoms with E-state index in [1.54, 1.807) is 12.1 Å². The number of rotatable bonds is 10. The molecule has 21 heavy (non-hydrogen) atoms. The third kappa shape index (κ3) is 7.09. The summed E-state index contributed by atoms with van der Waals surface area (Å²) in [7, 11) is 0. The summed E-state index contributed by atoms with van der Waals surface area (Å²) >= 11 is 7.06. The standard InChI is InChI=1S/C16H24ClNO2S/c1-3-5-6-12(4-2)11-18-16(20)10-7-13(19)14-8-9-15(17)21-14/h8-9,12H,3-7,10-11H2,1-2H3,(H,18,20). The van der Waals surface area contributed by atoms with Crippen molar-refractivity contribution in [1.29, 1.82) is 0 Å². The van der Waals surface area contributed by atoms with Crippen LogP contribution in [0.2, 0.25) is 4.34 Å². The highest BCUT2D eigenvalue weighted by molar-refractivity contribution is 7.18. The second-order valence-electron chi connectivity index (χ2n) is 5.25. The number of ketones is 1.